The highest BCUT2D eigenvalue weighted by Gasteiger charge is 2.42. The number of nitrogens with zero attached hydrogens (tertiary/aromatic N) is 5. The van der Waals surface area contributed by atoms with Crippen molar-refractivity contribution in [1.82, 2.24) is 29.1 Å². The molecule has 1 aromatic carbocycles. The number of aromatic nitrogens is 3. The van der Waals surface area contributed by atoms with Crippen LogP contribution in [0.25, 0.3) is 5.57 Å². The molecule has 3 aromatic rings. The smallest absolute Gasteiger partial charge is 0.333 e. The van der Waals surface area contributed by atoms with Crippen LogP contribution in [-0.2, 0) is 10.2 Å². The highest BCUT2D eigenvalue weighted by atomic mass is 35.5. The minimum absolute atomic E-state index is 0.0247. The van der Waals surface area contributed by atoms with Crippen molar-refractivity contribution in [2.75, 3.05) is 13.2 Å². The molecule has 0 bridgehead atoms. The average Bonchev–Trinajstić information content (AvgIpc) is 3.68. The number of alkyl halides is 2. The Morgan fingerprint density at radius 2 is 2.05 bits per heavy atom. The first kappa shape index (κ1) is 31.6. The van der Waals surface area contributed by atoms with E-state index >= 15 is 0 Å². The molecule has 0 amide bonds. The molecule has 2 unspecified atom stereocenters. The molecule has 2 aliphatic rings. The maximum absolute atomic E-state index is 14.0. The molecule has 5 rings (SSSR count). The monoisotopic (exact) mass is 657 g/mol. The first-order valence-electron chi connectivity index (χ1n) is 13.6. The Balaban J connectivity index is 1.54. The lowest BCUT2D eigenvalue weighted by Gasteiger charge is -2.32. The van der Waals surface area contributed by atoms with E-state index in [1.54, 1.807) is 18.5 Å². The minimum atomic E-state index is -3.95. The van der Waals surface area contributed by atoms with Crippen LogP contribution < -0.4 is 9.44 Å². The Morgan fingerprint density at radius 1 is 1.26 bits per heavy atom. The topological polar surface area (TPSA) is 125 Å². The number of aliphatic imine (C=N–C) groups is 1. The van der Waals surface area contributed by atoms with Crippen molar-refractivity contribution in [3.05, 3.63) is 74.8 Å². The van der Waals surface area contributed by atoms with Crippen molar-refractivity contribution >= 4 is 44.6 Å². The van der Waals surface area contributed by atoms with E-state index in [1.807, 2.05) is 11.8 Å². The third kappa shape index (κ3) is 7.13. The third-order valence-electron chi connectivity index (χ3n) is 7.28. The molecular weight excluding hydrogens is 627 g/mol. The number of benzene rings is 1. The zero-order valence-electron chi connectivity index (χ0n) is 23.3. The van der Waals surface area contributed by atoms with Crippen molar-refractivity contribution in [1.29, 1.82) is 0 Å². The number of thiazole rings is 1. The number of halogens is 4. The SMILES string of the molecule is CC(CCO)CC(C)NS(=O)(=O)N[C@H]1CC2=C(c3ccn(C(F)F)n3)[C@H](c3ccc(F)cc3Cl)N=C(c3nccs3)N2C1. The van der Waals surface area contributed by atoms with E-state index in [9.17, 15) is 26.7 Å². The summed E-state index contributed by atoms with van der Waals surface area (Å²) < 4.78 is 73.3. The number of amidine groups is 1. The lowest BCUT2D eigenvalue weighted by atomic mass is 9.92. The van der Waals surface area contributed by atoms with Gasteiger partial charge >= 0.3 is 6.55 Å². The maximum atomic E-state index is 14.0. The van der Waals surface area contributed by atoms with Crippen molar-refractivity contribution in [3.63, 3.8) is 0 Å². The van der Waals surface area contributed by atoms with E-state index in [0.29, 0.717) is 45.2 Å². The number of hydrogen-bond donors (Lipinski definition) is 3. The van der Waals surface area contributed by atoms with E-state index in [0.717, 1.165) is 12.3 Å². The molecule has 2 aromatic heterocycles. The first-order chi connectivity index (χ1) is 20.5. The molecule has 4 heterocycles. The van der Waals surface area contributed by atoms with Crippen LogP contribution in [0.15, 0.2) is 52.7 Å². The van der Waals surface area contributed by atoms with Crippen molar-refractivity contribution in [2.45, 2.75) is 57.8 Å². The number of fused-ring (bicyclic) bond motifs is 1. The largest absolute Gasteiger partial charge is 0.396 e. The summed E-state index contributed by atoms with van der Waals surface area (Å²) >= 11 is 7.82. The molecule has 1 fully saturated rings. The molecule has 3 N–H and O–H groups in total. The number of aliphatic hydroxyl groups is 1. The van der Waals surface area contributed by atoms with E-state index in [1.165, 1.54) is 29.5 Å². The number of nitrogens with one attached hydrogen (secondary N) is 2. The minimum Gasteiger partial charge on any atom is -0.396 e. The summed E-state index contributed by atoms with van der Waals surface area (Å²) in [7, 11) is -3.95. The van der Waals surface area contributed by atoms with Crippen LogP contribution in [0.4, 0.5) is 13.2 Å². The van der Waals surface area contributed by atoms with Gasteiger partial charge in [-0.3, -0.25) is 4.99 Å². The number of aliphatic hydroxyl groups excluding tert-OH is 1. The Bertz CT molecular complexity index is 1620. The van der Waals surface area contributed by atoms with Crippen LogP contribution in [0, 0.1) is 11.7 Å². The van der Waals surface area contributed by atoms with Gasteiger partial charge in [-0.05, 0) is 43.9 Å². The molecule has 16 heteroatoms. The second-order valence-corrected chi connectivity index (χ2v) is 13.5. The van der Waals surface area contributed by atoms with Gasteiger partial charge in [0, 0.05) is 71.3 Å². The number of rotatable bonds is 12. The fourth-order valence-electron chi connectivity index (χ4n) is 5.54. The molecule has 0 aliphatic carbocycles. The molecule has 0 spiro atoms. The predicted octanol–water partition coefficient (Wildman–Crippen LogP) is 4.74. The van der Waals surface area contributed by atoms with Crippen LogP contribution in [0.1, 0.15) is 62.0 Å². The molecular formula is C27H31ClF3N7O3S2. The van der Waals surface area contributed by atoms with Gasteiger partial charge in [0.15, 0.2) is 10.8 Å². The van der Waals surface area contributed by atoms with Gasteiger partial charge in [0.05, 0.1) is 5.69 Å². The fraction of sp³-hybridized carbons (Fsp3) is 0.444. The average molecular weight is 658 g/mol. The molecule has 232 valence electrons. The summed E-state index contributed by atoms with van der Waals surface area (Å²) in [4.78, 5) is 11.2. The van der Waals surface area contributed by atoms with E-state index < -0.39 is 34.7 Å². The van der Waals surface area contributed by atoms with Crippen LogP contribution in [0.3, 0.4) is 0 Å². The van der Waals surface area contributed by atoms with Gasteiger partial charge in [0.1, 0.15) is 11.9 Å². The Morgan fingerprint density at radius 3 is 2.70 bits per heavy atom. The summed E-state index contributed by atoms with van der Waals surface area (Å²) in [5, 5.41) is 15.7. The highest BCUT2D eigenvalue weighted by molar-refractivity contribution is 7.87. The predicted molar refractivity (Wildman–Crippen MR) is 158 cm³/mol. The lowest BCUT2D eigenvalue weighted by molar-refractivity contribution is 0.0564. The van der Waals surface area contributed by atoms with Crippen LogP contribution in [0.2, 0.25) is 5.02 Å². The van der Waals surface area contributed by atoms with Gasteiger partial charge in [-0.25, -0.2) is 14.1 Å². The van der Waals surface area contributed by atoms with E-state index in [-0.39, 0.29) is 42.2 Å². The summed E-state index contributed by atoms with van der Waals surface area (Å²) in [6.45, 7) is 1.03. The second kappa shape index (κ2) is 13.0. The first-order valence-corrected chi connectivity index (χ1v) is 16.4. The van der Waals surface area contributed by atoms with Gasteiger partial charge in [-0.15, -0.1) is 11.3 Å². The second-order valence-electron chi connectivity index (χ2n) is 10.7. The normalized spacial score (nSPS) is 20.5. The molecule has 0 radical (unpaired) electrons. The zero-order chi connectivity index (χ0) is 30.9. The van der Waals surface area contributed by atoms with Crippen LogP contribution in [0.5, 0.6) is 0 Å². The van der Waals surface area contributed by atoms with Gasteiger partial charge in [-0.1, -0.05) is 24.6 Å². The lowest BCUT2D eigenvalue weighted by Crippen LogP contribution is -2.47. The van der Waals surface area contributed by atoms with Crippen molar-refractivity contribution in [2.24, 2.45) is 10.9 Å². The van der Waals surface area contributed by atoms with Gasteiger partial charge in [0.2, 0.25) is 0 Å². The van der Waals surface area contributed by atoms with Crippen molar-refractivity contribution in [3.8, 4) is 0 Å². The van der Waals surface area contributed by atoms with Crippen LogP contribution >= 0.6 is 22.9 Å². The standard InChI is InChI=1S/C27H31ClF3N7O3S2/c1-15(6-9-39)11-16(2)35-43(40,41)36-18-13-22-23(21-5-8-38(34-21)27(30)31)24(19-4-3-17(29)12-20(19)28)33-25(37(22)14-18)26-32-7-10-42-26/h3-5,7-8,10,12,15-16,18,24,27,35-36,39H,6,9,11,13-14H2,1-2H3/t15?,16?,18-,24-/m0/s1. The van der Waals surface area contributed by atoms with Crippen LogP contribution in [-0.4, -0.2) is 64.3 Å². The Kier molecular flexibility index (Phi) is 9.58. The highest BCUT2D eigenvalue weighted by Crippen LogP contribution is 2.46. The summed E-state index contributed by atoms with van der Waals surface area (Å²) in [5.74, 6) is 0.0267. The quantitative estimate of drug-likeness (QED) is 0.259. The molecule has 43 heavy (non-hydrogen) atoms. The summed E-state index contributed by atoms with van der Waals surface area (Å²) in [6, 6.07) is 3.47. The Labute approximate surface area is 256 Å². The molecule has 1 saturated heterocycles. The molecule has 0 saturated carbocycles. The van der Waals surface area contributed by atoms with Gasteiger partial charge in [0.25, 0.3) is 10.2 Å². The Hall–Kier alpha value is -2.82. The molecule has 4 atom stereocenters. The summed E-state index contributed by atoms with van der Waals surface area (Å²) in [5.41, 5.74) is 1.71. The van der Waals surface area contributed by atoms with E-state index in [4.69, 9.17) is 16.6 Å². The van der Waals surface area contributed by atoms with Gasteiger partial charge in [-0.2, -0.15) is 31.7 Å². The fourth-order valence-corrected chi connectivity index (χ4v) is 7.74. The number of hydrogen-bond acceptors (Lipinski definition) is 8. The summed E-state index contributed by atoms with van der Waals surface area (Å²) in [6.07, 6.45) is 4.06. The maximum Gasteiger partial charge on any atom is 0.333 e. The molecule has 2 aliphatic heterocycles. The third-order valence-corrected chi connectivity index (χ3v) is 9.73. The van der Waals surface area contributed by atoms with Crippen molar-refractivity contribution < 1.29 is 26.7 Å². The zero-order valence-corrected chi connectivity index (χ0v) is 25.7. The van der Waals surface area contributed by atoms with Gasteiger partial charge < -0.3 is 10.0 Å². The van der Waals surface area contributed by atoms with E-state index in [2.05, 4.69) is 19.5 Å². The molecule has 10 nitrogen and oxygen atoms in total.